The van der Waals surface area contributed by atoms with E-state index in [-0.39, 0.29) is 47.5 Å². The van der Waals surface area contributed by atoms with E-state index in [1.165, 1.54) is 12.1 Å². The van der Waals surface area contributed by atoms with Crippen molar-refractivity contribution in [2.45, 2.75) is 33.0 Å². The van der Waals surface area contributed by atoms with Gasteiger partial charge in [-0.25, -0.2) is 18.2 Å². The molecule has 2 aliphatic heterocycles. The van der Waals surface area contributed by atoms with E-state index in [2.05, 4.69) is 11.8 Å². The van der Waals surface area contributed by atoms with Gasteiger partial charge in [0.05, 0.1) is 5.56 Å². The van der Waals surface area contributed by atoms with Crippen LogP contribution in [0.2, 0.25) is 0 Å². The number of carbonyl (C=O) groups is 2. The van der Waals surface area contributed by atoms with Crippen molar-refractivity contribution >= 4 is 27.9 Å². The first-order chi connectivity index (χ1) is 17.9. The van der Waals surface area contributed by atoms with E-state index in [0.29, 0.717) is 17.4 Å². The summed E-state index contributed by atoms with van der Waals surface area (Å²) in [6.07, 6.45) is -0.354. The van der Waals surface area contributed by atoms with E-state index in [9.17, 15) is 18.0 Å². The fourth-order valence-corrected chi connectivity index (χ4v) is 5.91. The molecule has 1 saturated carbocycles. The van der Waals surface area contributed by atoms with E-state index < -0.39 is 34.1 Å². The van der Waals surface area contributed by atoms with Gasteiger partial charge in [-0.2, -0.15) is 8.42 Å². The van der Waals surface area contributed by atoms with Crippen LogP contribution in [0, 0.1) is 35.4 Å². The van der Waals surface area contributed by atoms with Crippen LogP contribution in [0.5, 0.6) is 5.75 Å². The number of ether oxygens (including phenoxy) is 2. The van der Waals surface area contributed by atoms with Crippen LogP contribution in [0.25, 0.3) is 0 Å². The molecular weight excluding hydrogens is 513 g/mol. The zero-order valence-corrected chi connectivity index (χ0v) is 22.0. The van der Waals surface area contributed by atoms with Crippen LogP contribution in [0.3, 0.4) is 0 Å². The number of fused-ring (bicyclic) bond motifs is 1. The number of rotatable bonds is 4. The van der Waals surface area contributed by atoms with Gasteiger partial charge in [0.15, 0.2) is 5.82 Å². The normalized spacial score (nSPS) is 23.3. The minimum atomic E-state index is -4.28. The van der Waals surface area contributed by atoms with Crippen molar-refractivity contribution in [1.29, 1.82) is 0 Å². The second kappa shape index (κ2) is 9.51. The maximum atomic E-state index is 15.8. The number of halogens is 1. The summed E-state index contributed by atoms with van der Waals surface area (Å²) in [4.78, 5) is 25.8. The molecule has 2 saturated heterocycles. The Labute approximate surface area is 221 Å². The van der Waals surface area contributed by atoms with Crippen molar-refractivity contribution in [2.75, 3.05) is 23.9 Å². The van der Waals surface area contributed by atoms with Gasteiger partial charge in [-0.1, -0.05) is 42.2 Å². The van der Waals surface area contributed by atoms with Gasteiger partial charge in [0, 0.05) is 19.0 Å². The molecule has 3 fully saturated rings. The van der Waals surface area contributed by atoms with E-state index in [1.807, 2.05) is 55.8 Å². The van der Waals surface area contributed by atoms with E-state index in [1.54, 1.807) is 4.90 Å². The Bertz CT molecular complexity index is 1430. The Kier molecular flexibility index (Phi) is 6.47. The Balaban J connectivity index is 1.36. The van der Waals surface area contributed by atoms with Gasteiger partial charge in [0.25, 0.3) is 5.91 Å². The van der Waals surface area contributed by atoms with Crippen molar-refractivity contribution < 1.29 is 31.9 Å². The van der Waals surface area contributed by atoms with Gasteiger partial charge in [0.1, 0.15) is 30.2 Å². The summed E-state index contributed by atoms with van der Waals surface area (Å²) in [6.45, 7) is 6.01. The molecule has 0 aromatic heterocycles. The number of hydrogen-bond acceptors (Lipinski definition) is 6. The first-order valence-electron chi connectivity index (χ1n) is 12.2. The smallest absolute Gasteiger partial charge is 0.410 e. The number of anilines is 1. The summed E-state index contributed by atoms with van der Waals surface area (Å²) in [5.74, 6) is 4.64. The van der Waals surface area contributed by atoms with E-state index >= 15 is 4.39 Å². The van der Waals surface area contributed by atoms with E-state index in [4.69, 9.17) is 9.47 Å². The number of nitrogens with one attached hydrogen (secondary N) is 1. The van der Waals surface area contributed by atoms with Crippen molar-refractivity contribution in [3.05, 3.63) is 59.4 Å². The molecular formula is C27H28FN3O6S. The standard InChI is InChI=1S/C27H28FN3O6S/c1-27(2,3)37-26(33)30-13-20-19(21(20)14-30)11-9-18-10-12-22(36-16-17-7-5-4-6-8-17)25(24(18)28)31-15-23(32)29-38(31,34)35/h4-8,10,12,19-21H,13-16H2,1-3H3,(H,29,32)/t19?,20-,21+. The first-order valence-corrected chi connectivity index (χ1v) is 13.7. The minimum absolute atomic E-state index is 0.00399. The van der Waals surface area contributed by atoms with Crippen LogP contribution in [0.15, 0.2) is 42.5 Å². The van der Waals surface area contributed by atoms with Gasteiger partial charge in [-0.15, -0.1) is 0 Å². The fraction of sp³-hybridized carbons (Fsp3) is 0.407. The van der Waals surface area contributed by atoms with Gasteiger partial charge in [-0.3, -0.25) is 4.79 Å². The molecule has 2 amide bonds. The largest absolute Gasteiger partial charge is 0.487 e. The number of amides is 2. The minimum Gasteiger partial charge on any atom is -0.487 e. The Morgan fingerprint density at radius 2 is 1.82 bits per heavy atom. The molecule has 3 atom stereocenters. The number of hydrogen-bond donors (Lipinski definition) is 1. The third-order valence-electron chi connectivity index (χ3n) is 6.61. The second-order valence-electron chi connectivity index (χ2n) is 10.6. The van der Waals surface area contributed by atoms with Crippen LogP contribution in [-0.2, 0) is 26.3 Å². The molecule has 0 bridgehead atoms. The summed E-state index contributed by atoms with van der Waals surface area (Å²) in [7, 11) is -4.28. The molecule has 38 heavy (non-hydrogen) atoms. The lowest BCUT2D eigenvalue weighted by Gasteiger charge is -2.25. The lowest BCUT2D eigenvalue weighted by molar-refractivity contribution is -0.117. The molecule has 2 aromatic carbocycles. The van der Waals surface area contributed by atoms with Crippen molar-refractivity contribution in [3.63, 3.8) is 0 Å². The van der Waals surface area contributed by atoms with E-state index in [0.717, 1.165) is 5.56 Å². The summed E-state index contributed by atoms with van der Waals surface area (Å²) < 4.78 is 54.6. The Morgan fingerprint density at radius 1 is 1.13 bits per heavy atom. The summed E-state index contributed by atoms with van der Waals surface area (Å²) in [5.41, 5.74) is -0.131. The molecule has 0 spiro atoms. The average Bonchev–Trinajstić information content (AvgIpc) is 3.14. The highest BCUT2D eigenvalue weighted by molar-refractivity contribution is 7.92. The van der Waals surface area contributed by atoms with Gasteiger partial charge < -0.3 is 14.4 Å². The lowest BCUT2D eigenvalue weighted by Crippen LogP contribution is -2.37. The quantitative estimate of drug-likeness (QED) is 0.597. The number of nitrogens with zero attached hydrogens (tertiary/aromatic N) is 2. The Hall–Kier alpha value is -3.78. The topological polar surface area (TPSA) is 105 Å². The zero-order valence-electron chi connectivity index (χ0n) is 21.2. The second-order valence-corrected chi connectivity index (χ2v) is 12.2. The van der Waals surface area contributed by atoms with Crippen LogP contribution >= 0.6 is 0 Å². The highest BCUT2D eigenvalue weighted by Gasteiger charge is 2.56. The number of carbonyl (C=O) groups excluding carboxylic acids is 2. The third-order valence-corrected chi connectivity index (χ3v) is 7.98. The van der Waals surface area contributed by atoms with Crippen molar-refractivity contribution in [3.8, 4) is 17.6 Å². The number of likely N-dealkylation sites (tertiary alicyclic amines) is 1. The van der Waals surface area contributed by atoms with Crippen LogP contribution in [-0.4, -0.2) is 50.6 Å². The molecule has 0 radical (unpaired) electrons. The molecule has 1 unspecified atom stereocenters. The highest BCUT2D eigenvalue weighted by Crippen LogP contribution is 2.51. The summed E-state index contributed by atoms with van der Waals surface area (Å²) in [5, 5.41) is 0. The van der Waals surface area contributed by atoms with Crippen LogP contribution in [0.1, 0.15) is 31.9 Å². The third kappa shape index (κ3) is 5.27. The predicted molar refractivity (Wildman–Crippen MR) is 137 cm³/mol. The summed E-state index contributed by atoms with van der Waals surface area (Å²) in [6, 6.07) is 12.0. The SMILES string of the molecule is CC(C)(C)OC(=O)N1C[C@@H]2C(C#Cc3ccc(OCc4ccccc4)c(N4CC(=O)NS4(=O)=O)c3F)[C@@H]2C1. The highest BCUT2D eigenvalue weighted by atomic mass is 32.2. The maximum absolute atomic E-state index is 15.8. The van der Waals surface area contributed by atoms with Gasteiger partial charge in [0.2, 0.25) is 0 Å². The first kappa shape index (κ1) is 25.9. The lowest BCUT2D eigenvalue weighted by atomic mass is 10.1. The zero-order chi connectivity index (χ0) is 27.2. The maximum Gasteiger partial charge on any atom is 0.410 e. The van der Waals surface area contributed by atoms with Gasteiger partial charge >= 0.3 is 16.3 Å². The number of benzene rings is 2. The van der Waals surface area contributed by atoms with Gasteiger partial charge in [-0.05, 0) is 50.3 Å². The van der Waals surface area contributed by atoms with Crippen LogP contribution < -0.4 is 13.8 Å². The molecule has 200 valence electrons. The molecule has 2 aromatic rings. The fourth-order valence-electron chi connectivity index (χ4n) is 4.75. The van der Waals surface area contributed by atoms with Crippen LogP contribution in [0.4, 0.5) is 14.9 Å². The molecule has 5 rings (SSSR count). The average molecular weight is 542 g/mol. The van der Waals surface area contributed by atoms with Crippen molar-refractivity contribution in [1.82, 2.24) is 9.62 Å². The molecule has 9 nitrogen and oxygen atoms in total. The molecule has 2 heterocycles. The Morgan fingerprint density at radius 3 is 2.42 bits per heavy atom. The predicted octanol–water partition coefficient (Wildman–Crippen LogP) is 3.05. The molecule has 1 aliphatic carbocycles. The molecule has 11 heteroatoms. The summed E-state index contributed by atoms with van der Waals surface area (Å²) >= 11 is 0. The van der Waals surface area contributed by atoms with Crippen molar-refractivity contribution in [2.24, 2.45) is 17.8 Å². The molecule has 1 N–H and O–H groups in total. The number of piperidine rings is 1. The molecule has 3 aliphatic rings. The monoisotopic (exact) mass is 541 g/mol.